The number of aromatic nitrogens is 2. The van der Waals surface area contributed by atoms with Crippen molar-refractivity contribution in [2.45, 2.75) is 13.3 Å². The van der Waals surface area contributed by atoms with Gasteiger partial charge in [-0.05, 0) is 6.92 Å². The van der Waals surface area contributed by atoms with E-state index < -0.39 is 0 Å². The summed E-state index contributed by atoms with van der Waals surface area (Å²) in [6.07, 6.45) is 1.80. The van der Waals surface area contributed by atoms with E-state index in [0.29, 0.717) is 12.2 Å². The number of hydrogen-bond donors (Lipinski definition) is 3. The lowest BCUT2D eigenvalue weighted by Crippen LogP contribution is -2.31. The predicted molar refractivity (Wildman–Crippen MR) is 63.3 cm³/mol. The largest absolute Gasteiger partial charge is 0.396 e. The number of carbonyl (C=O) groups is 2. The summed E-state index contributed by atoms with van der Waals surface area (Å²) in [5, 5.41) is 9.15. The summed E-state index contributed by atoms with van der Waals surface area (Å²) < 4.78 is 1.47. The molecule has 0 atom stereocenters. The number of rotatable bonds is 5. The molecule has 1 aromatic heterocycles. The van der Waals surface area contributed by atoms with E-state index in [9.17, 15) is 9.59 Å². The first-order valence-electron chi connectivity index (χ1n) is 5.38. The van der Waals surface area contributed by atoms with Crippen molar-refractivity contribution in [1.29, 1.82) is 0 Å². The monoisotopic (exact) mass is 239 g/mol. The van der Waals surface area contributed by atoms with Gasteiger partial charge in [-0.1, -0.05) is 0 Å². The summed E-state index contributed by atoms with van der Waals surface area (Å²) in [6, 6.07) is 0. The molecule has 0 radical (unpaired) electrons. The van der Waals surface area contributed by atoms with E-state index in [1.807, 2.05) is 6.92 Å². The van der Waals surface area contributed by atoms with E-state index in [1.165, 1.54) is 4.68 Å². The van der Waals surface area contributed by atoms with E-state index in [2.05, 4.69) is 15.7 Å². The predicted octanol–water partition coefficient (Wildman–Crippen LogP) is -0.742. The average Bonchev–Trinajstić information content (AvgIpc) is 2.58. The molecule has 1 heterocycles. The van der Waals surface area contributed by atoms with Crippen molar-refractivity contribution in [3.63, 3.8) is 0 Å². The van der Waals surface area contributed by atoms with Crippen molar-refractivity contribution >= 4 is 17.5 Å². The maximum Gasteiger partial charge on any atom is 0.273 e. The Kier molecular flexibility index (Phi) is 4.50. The molecule has 0 saturated heterocycles. The first kappa shape index (κ1) is 13.0. The molecule has 0 unspecified atom stereocenters. The van der Waals surface area contributed by atoms with Gasteiger partial charge in [0.05, 0.1) is 5.69 Å². The Morgan fingerprint density at radius 1 is 1.47 bits per heavy atom. The standard InChI is InChI=1S/C10H17N5O2/c1-3-12-8(16)4-5-13-10(17)9-7(11)6-15(2)14-9/h6H,3-5,11H2,1-2H3,(H,12,16)(H,13,17). The molecule has 17 heavy (non-hydrogen) atoms. The Morgan fingerprint density at radius 3 is 2.71 bits per heavy atom. The van der Waals surface area contributed by atoms with Crippen LogP contribution < -0.4 is 16.4 Å². The Bertz CT molecular complexity index is 413. The number of aryl methyl sites for hydroxylation is 1. The number of carbonyl (C=O) groups excluding carboxylic acids is 2. The van der Waals surface area contributed by atoms with E-state index >= 15 is 0 Å². The lowest BCUT2D eigenvalue weighted by molar-refractivity contribution is -0.120. The van der Waals surface area contributed by atoms with Gasteiger partial charge in [0.15, 0.2) is 5.69 Å². The summed E-state index contributed by atoms with van der Waals surface area (Å²) in [5.41, 5.74) is 6.10. The topological polar surface area (TPSA) is 102 Å². The molecule has 0 bridgehead atoms. The fraction of sp³-hybridized carbons (Fsp3) is 0.500. The number of amides is 2. The summed E-state index contributed by atoms with van der Waals surface area (Å²) >= 11 is 0. The van der Waals surface area contributed by atoms with Gasteiger partial charge >= 0.3 is 0 Å². The molecule has 0 aromatic carbocycles. The van der Waals surface area contributed by atoms with Crippen molar-refractivity contribution in [1.82, 2.24) is 20.4 Å². The van der Waals surface area contributed by atoms with Gasteiger partial charge in [0.1, 0.15) is 0 Å². The lowest BCUT2D eigenvalue weighted by Gasteiger charge is -2.04. The van der Waals surface area contributed by atoms with Gasteiger partial charge in [-0.2, -0.15) is 5.10 Å². The van der Waals surface area contributed by atoms with Gasteiger partial charge in [-0.25, -0.2) is 0 Å². The van der Waals surface area contributed by atoms with Gasteiger partial charge in [-0.3, -0.25) is 14.3 Å². The SMILES string of the molecule is CCNC(=O)CCNC(=O)c1nn(C)cc1N. The van der Waals surface area contributed by atoms with Crippen LogP contribution in [0, 0.1) is 0 Å². The molecule has 1 rings (SSSR count). The zero-order valence-corrected chi connectivity index (χ0v) is 9.99. The third-order valence-electron chi connectivity index (χ3n) is 2.08. The molecule has 0 aliphatic rings. The third kappa shape index (κ3) is 3.78. The van der Waals surface area contributed by atoms with Crippen LogP contribution in [0.5, 0.6) is 0 Å². The Morgan fingerprint density at radius 2 is 2.18 bits per heavy atom. The Balaban J connectivity index is 2.40. The summed E-state index contributed by atoms with van der Waals surface area (Å²) in [7, 11) is 1.68. The van der Waals surface area contributed by atoms with Crippen LogP contribution in [-0.2, 0) is 11.8 Å². The van der Waals surface area contributed by atoms with Gasteiger partial charge in [-0.15, -0.1) is 0 Å². The quantitative estimate of drug-likeness (QED) is 0.629. The number of anilines is 1. The summed E-state index contributed by atoms with van der Waals surface area (Å²) in [5.74, 6) is -0.464. The minimum absolute atomic E-state index is 0.0956. The highest BCUT2D eigenvalue weighted by Gasteiger charge is 2.13. The van der Waals surface area contributed by atoms with Crippen LogP contribution in [0.1, 0.15) is 23.8 Å². The van der Waals surface area contributed by atoms with E-state index in [0.717, 1.165) is 0 Å². The molecule has 0 spiro atoms. The number of nitrogens with zero attached hydrogens (tertiary/aromatic N) is 2. The average molecular weight is 239 g/mol. The molecule has 7 nitrogen and oxygen atoms in total. The fourth-order valence-electron chi connectivity index (χ4n) is 1.34. The molecule has 0 fully saturated rings. The van der Waals surface area contributed by atoms with Crippen LogP contribution in [0.3, 0.4) is 0 Å². The first-order chi connectivity index (χ1) is 8.04. The van der Waals surface area contributed by atoms with Gasteiger partial charge < -0.3 is 16.4 Å². The second-order valence-electron chi connectivity index (χ2n) is 3.57. The van der Waals surface area contributed by atoms with Gasteiger partial charge in [0.2, 0.25) is 5.91 Å². The number of nitrogen functional groups attached to an aromatic ring is 1. The molecule has 2 amide bonds. The van der Waals surface area contributed by atoms with E-state index in [4.69, 9.17) is 5.73 Å². The third-order valence-corrected chi connectivity index (χ3v) is 2.08. The van der Waals surface area contributed by atoms with Crippen molar-refractivity contribution in [3.8, 4) is 0 Å². The summed E-state index contributed by atoms with van der Waals surface area (Å²) in [6.45, 7) is 2.69. The molecule has 0 aliphatic heterocycles. The first-order valence-corrected chi connectivity index (χ1v) is 5.38. The zero-order valence-electron chi connectivity index (χ0n) is 9.99. The highest BCUT2D eigenvalue weighted by molar-refractivity contribution is 5.97. The molecule has 94 valence electrons. The highest BCUT2D eigenvalue weighted by Crippen LogP contribution is 2.07. The van der Waals surface area contributed by atoms with Crippen LogP contribution in [0.15, 0.2) is 6.20 Å². The Labute approximate surface area is 99.4 Å². The molecule has 4 N–H and O–H groups in total. The molecule has 0 saturated carbocycles. The fourth-order valence-corrected chi connectivity index (χ4v) is 1.34. The van der Waals surface area contributed by atoms with Crippen LogP contribution in [0.4, 0.5) is 5.69 Å². The molecular formula is C10H17N5O2. The molecule has 1 aromatic rings. The molecule has 7 heteroatoms. The normalized spacial score (nSPS) is 10.0. The maximum atomic E-state index is 11.6. The van der Waals surface area contributed by atoms with Gasteiger partial charge in [0, 0.05) is 32.8 Å². The maximum absolute atomic E-state index is 11.6. The summed E-state index contributed by atoms with van der Waals surface area (Å²) in [4.78, 5) is 22.7. The lowest BCUT2D eigenvalue weighted by atomic mass is 10.3. The second kappa shape index (κ2) is 5.88. The van der Waals surface area contributed by atoms with Crippen LogP contribution >= 0.6 is 0 Å². The Hall–Kier alpha value is -2.05. The number of hydrogen-bond acceptors (Lipinski definition) is 4. The van der Waals surface area contributed by atoms with Crippen molar-refractivity contribution in [3.05, 3.63) is 11.9 Å². The van der Waals surface area contributed by atoms with Crippen molar-refractivity contribution in [2.75, 3.05) is 18.8 Å². The van der Waals surface area contributed by atoms with Crippen LogP contribution in [0.2, 0.25) is 0 Å². The minimum Gasteiger partial charge on any atom is -0.396 e. The van der Waals surface area contributed by atoms with Gasteiger partial charge in [0.25, 0.3) is 5.91 Å². The van der Waals surface area contributed by atoms with E-state index in [-0.39, 0.29) is 30.5 Å². The highest BCUT2D eigenvalue weighted by atomic mass is 16.2. The zero-order chi connectivity index (χ0) is 12.8. The van der Waals surface area contributed by atoms with Crippen LogP contribution in [-0.4, -0.2) is 34.7 Å². The van der Waals surface area contributed by atoms with Crippen molar-refractivity contribution < 1.29 is 9.59 Å². The smallest absolute Gasteiger partial charge is 0.273 e. The van der Waals surface area contributed by atoms with Crippen LogP contribution in [0.25, 0.3) is 0 Å². The number of nitrogens with two attached hydrogens (primary N) is 1. The molecular weight excluding hydrogens is 222 g/mol. The molecule has 0 aliphatic carbocycles. The minimum atomic E-state index is -0.368. The van der Waals surface area contributed by atoms with Crippen molar-refractivity contribution in [2.24, 2.45) is 7.05 Å². The van der Waals surface area contributed by atoms with E-state index in [1.54, 1.807) is 13.2 Å². The second-order valence-corrected chi connectivity index (χ2v) is 3.57. The number of nitrogens with one attached hydrogen (secondary N) is 2.